The monoisotopic (exact) mass is 129 g/mol. The molecule has 0 aromatic carbocycles. The fourth-order valence-corrected chi connectivity index (χ4v) is 0.381. The van der Waals surface area contributed by atoms with Gasteiger partial charge in [0.05, 0.1) is 0 Å². The van der Waals surface area contributed by atoms with Crippen LogP contribution in [0.5, 0.6) is 0 Å². The lowest BCUT2D eigenvalue weighted by Gasteiger charge is -1.93. The smallest absolute Gasteiger partial charge is 0.0132 e. The normalized spacial score (nSPS) is 7.44. The fourth-order valence-electron chi connectivity index (χ4n) is 0.381. The van der Waals surface area contributed by atoms with Gasteiger partial charge in [0, 0.05) is 6.54 Å². The van der Waals surface area contributed by atoms with Gasteiger partial charge in [-0.1, -0.05) is 26.8 Å². The van der Waals surface area contributed by atoms with Gasteiger partial charge in [0.2, 0.25) is 0 Å². The first-order valence-electron chi connectivity index (χ1n) is 3.73. The van der Waals surface area contributed by atoms with E-state index in [9.17, 15) is 0 Å². The van der Waals surface area contributed by atoms with E-state index in [1.165, 1.54) is 6.42 Å². The van der Waals surface area contributed by atoms with Crippen molar-refractivity contribution in [1.29, 1.82) is 0 Å². The molecule has 0 radical (unpaired) electrons. The molecule has 1 N–H and O–H groups in total. The zero-order valence-corrected chi connectivity index (χ0v) is 6.91. The minimum absolute atomic E-state index is 0.938. The maximum atomic E-state index is 3.57. The predicted molar refractivity (Wildman–Crippen MR) is 44.7 cm³/mol. The summed E-state index contributed by atoms with van der Waals surface area (Å²) in [6, 6.07) is 0. The van der Waals surface area contributed by atoms with Gasteiger partial charge < -0.3 is 5.32 Å². The van der Waals surface area contributed by atoms with Crippen molar-refractivity contribution in [3.8, 4) is 0 Å². The van der Waals surface area contributed by atoms with Crippen molar-refractivity contribution in [3.05, 3.63) is 12.7 Å². The highest BCUT2D eigenvalue weighted by Gasteiger charge is 1.73. The molecule has 0 unspecified atom stereocenters. The standard InChI is InChI=1S/C6H13N.C2H6/c1-3-5-7-6-4-2;1-2/h3,7H,1,4-6H2,2H3;1-2H3. The van der Waals surface area contributed by atoms with Crippen molar-refractivity contribution in [2.45, 2.75) is 27.2 Å². The molecule has 0 spiro atoms. The van der Waals surface area contributed by atoms with Gasteiger partial charge in [-0.3, -0.25) is 0 Å². The first-order valence-corrected chi connectivity index (χ1v) is 3.73. The van der Waals surface area contributed by atoms with Crippen LogP contribution < -0.4 is 5.32 Å². The lowest BCUT2D eigenvalue weighted by molar-refractivity contribution is 0.730. The molecule has 0 aromatic rings. The van der Waals surface area contributed by atoms with E-state index in [1.54, 1.807) is 0 Å². The highest BCUT2D eigenvalue weighted by atomic mass is 14.8. The molecular weight excluding hydrogens is 110 g/mol. The van der Waals surface area contributed by atoms with Crippen molar-refractivity contribution in [2.75, 3.05) is 13.1 Å². The Kier molecular flexibility index (Phi) is 20.0. The fraction of sp³-hybridized carbons (Fsp3) is 0.750. The molecule has 0 fully saturated rings. The minimum atomic E-state index is 0.938. The quantitative estimate of drug-likeness (QED) is 0.453. The maximum Gasteiger partial charge on any atom is 0.0132 e. The molecule has 0 saturated heterocycles. The van der Waals surface area contributed by atoms with Gasteiger partial charge in [-0.05, 0) is 13.0 Å². The van der Waals surface area contributed by atoms with Gasteiger partial charge in [-0.25, -0.2) is 0 Å². The zero-order chi connectivity index (χ0) is 7.54. The number of hydrogen-bond acceptors (Lipinski definition) is 1. The average molecular weight is 129 g/mol. The molecule has 1 nitrogen and oxygen atoms in total. The van der Waals surface area contributed by atoms with Crippen LogP contribution in [0.3, 0.4) is 0 Å². The van der Waals surface area contributed by atoms with Crippen LogP contribution in [-0.2, 0) is 0 Å². The summed E-state index contributed by atoms with van der Waals surface area (Å²) in [5, 5.41) is 3.17. The molecule has 0 heterocycles. The Labute approximate surface area is 59.2 Å². The van der Waals surface area contributed by atoms with Crippen LogP contribution >= 0.6 is 0 Å². The van der Waals surface area contributed by atoms with E-state index in [4.69, 9.17) is 0 Å². The lowest BCUT2D eigenvalue weighted by atomic mass is 10.5. The largest absolute Gasteiger partial charge is 0.313 e. The van der Waals surface area contributed by atoms with Gasteiger partial charge in [-0.2, -0.15) is 0 Å². The summed E-state index contributed by atoms with van der Waals surface area (Å²) >= 11 is 0. The first-order chi connectivity index (χ1) is 4.41. The molecule has 0 aliphatic carbocycles. The van der Waals surface area contributed by atoms with Crippen molar-refractivity contribution < 1.29 is 0 Å². The lowest BCUT2D eigenvalue weighted by Crippen LogP contribution is -2.13. The highest BCUT2D eigenvalue weighted by Crippen LogP contribution is 1.67. The first kappa shape index (κ1) is 11.5. The summed E-state index contributed by atoms with van der Waals surface area (Å²) < 4.78 is 0. The van der Waals surface area contributed by atoms with Crippen LogP contribution in [0, 0.1) is 0 Å². The molecule has 0 saturated carbocycles. The SMILES string of the molecule is C=CCNCCC.CC. The van der Waals surface area contributed by atoms with E-state index >= 15 is 0 Å². The third kappa shape index (κ3) is 18.3. The van der Waals surface area contributed by atoms with Crippen LogP contribution in [0.25, 0.3) is 0 Å². The minimum Gasteiger partial charge on any atom is -0.313 e. The van der Waals surface area contributed by atoms with Crippen LogP contribution in [0.1, 0.15) is 27.2 Å². The third-order valence-electron chi connectivity index (χ3n) is 0.715. The Morgan fingerprint density at radius 1 is 1.44 bits per heavy atom. The Morgan fingerprint density at radius 2 is 2.00 bits per heavy atom. The summed E-state index contributed by atoms with van der Waals surface area (Å²) in [6.07, 6.45) is 3.07. The van der Waals surface area contributed by atoms with Crippen LogP contribution in [0.2, 0.25) is 0 Å². The molecule has 0 rings (SSSR count). The predicted octanol–water partition coefficient (Wildman–Crippen LogP) is 2.20. The summed E-state index contributed by atoms with van der Waals surface area (Å²) in [5.74, 6) is 0. The van der Waals surface area contributed by atoms with Gasteiger partial charge >= 0.3 is 0 Å². The van der Waals surface area contributed by atoms with Crippen molar-refractivity contribution in [1.82, 2.24) is 5.32 Å². The topological polar surface area (TPSA) is 12.0 Å². The van der Waals surface area contributed by atoms with Gasteiger partial charge in [-0.15, -0.1) is 6.58 Å². The summed E-state index contributed by atoms with van der Waals surface area (Å²) in [4.78, 5) is 0. The van der Waals surface area contributed by atoms with Crippen LogP contribution in [0.15, 0.2) is 12.7 Å². The Bertz CT molecular complexity index is 41.8. The van der Waals surface area contributed by atoms with Gasteiger partial charge in [0.25, 0.3) is 0 Å². The molecule has 0 aliphatic rings. The van der Waals surface area contributed by atoms with Crippen LogP contribution in [0.4, 0.5) is 0 Å². The third-order valence-corrected chi connectivity index (χ3v) is 0.715. The molecule has 9 heavy (non-hydrogen) atoms. The Balaban J connectivity index is 0. The second-order valence-electron chi connectivity index (χ2n) is 1.49. The Morgan fingerprint density at radius 3 is 2.33 bits per heavy atom. The molecular formula is C8H19N. The second kappa shape index (κ2) is 15.6. The molecule has 0 aliphatic heterocycles. The van der Waals surface area contributed by atoms with E-state index in [-0.39, 0.29) is 0 Å². The molecule has 1 heteroatoms. The second-order valence-corrected chi connectivity index (χ2v) is 1.49. The van der Waals surface area contributed by atoms with Crippen molar-refractivity contribution in [2.24, 2.45) is 0 Å². The average Bonchev–Trinajstić information content (AvgIpc) is 1.94. The van der Waals surface area contributed by atoms with E-state index in [2.05, 4.69) is 18.8 Å². The summed E-state index contributed by atoms with van der Waals surface area (Å²) in [6.45, 7) is 11.8. The Hall–Kier alpha value is -0.300. The summed E-state index contributed by atoms with van der Waals surface area (Å²) in [7, 11) is 0. The van der Waals surface area contributed by atoms with E-state index < -0.39 is 0 Å². The van der Waals surface area contributed by atoms with Crippen LogP contribution in [-0.4, -0.2) is 13.1 Å². The summed E-state index contributed by atoms with van der Waals surface area (Å²) in [5.41, 5.74) is 0. The number of rotatable bonds is 4. The van der Waals surface area contributed by atoms with E-state index in [1.807, 2.05) is 19.9 Å². The van der Waals surface area contributed by atoms with Gasteiger partial charge in [0.15, 0.2) is 0 Å². The van der Waals surface area contributed by atoms with Crippen molar-refractivity contribution in [3.63, 3.8) is 0 Å². The number of nitrogens with one attached hydrogen (secondary N) is 1. The number of hydrogen-bond donors (Lipinski definition) is 1. The zero-order valence-electron chi connectivity index (χ0n) is 6.91. The molecule has 0 aromatic heterocycles. The molecule has 0 atom stereocenters. The highest BCUT2D eigenvalue weighted by molar-refractivity contribution is 4.68. The van der Waals surface area contributed by atoms with E-state index in [0.29, 0.717) is 0 Å². The molecule has 0 amide bonds. The van der Waals surface area contributed by atoms with Crippen molar-refractivity contribution >= 4 is 0 Å². The molecule has 56 valence electrons. The maximum absolute atomic E-state index is 3.57. The van der Waals surface area contributed by atoms with E-state index in [0.717, 1.165) is 13.1 Å². The molecule has 0 bridgehead atoms. The van der Waals surface area contributed by atoms with Gasteiger partial charge in [0.1, 0.15) is 0 Å².